The van der Waals surface area contributed by atoms with Crippen LogP contribution in [-0.4, -0.2) is 50.1 Å². The van der Waals surface area contributed by atoms with Crippen LogP contribution in [0.2, 0.25) is 0 Å². The lowest BCUT2D eigenvalue weighted by molar-refractivity contribution is -0.129. The molecule has 1 fully saturated rings. The van der Waals surface area contributed by atoms with Crippen molar-refractivity contribution in [1.82, 2.24) is 25.0 Å². The first-order chi connectivity index (χ1) is 13.9. The number of carbonyl (C=O) groups is 2. The van der Waals surface area contributed by atoms with Crippen LogP contribution in [0.5, 0.6) is 0 Å². The molecule has 2 aliphatic heterocycles. The Labute approximate surface area is 167 Å². The Hall–Kier alpha value is -3.23. The van der Waals surface area contributed by atoms with Gasteiger partial charge in [-0.3, -0.25) is 14.3 Å². The van der Waals surface area contributed by atoms with Gasteiger partial charge in [0.1, 0.15) is 0 Å². The number of aryl methyl sites for hydroxylation is 1. The van der Waals surface area contributed by atoms with Crippen molar-refractivity contribution in [2.24, 2.45) is 7.05 Å². The fraction of sp³-hybridized carbons (Fsp3) is 0.400. The Bertz CT molecular complexity index is 1000. The van der Waals surface area contributed by atoms with Gasteiger partial charge in [0.25, 0.3) is 5.91 Å². The zero-order valence-electron chi connectivity index (χ0n) is 16.4. The van der Waals surface area contributed by atoms with Crippen LogP contribution in [0.25, 0.3) is 11.3 Å². The van der Waals surface area contributed by atoms with Crippen LogP contribution in [0.3, 0.4) is 0 Å². The van der Waals surface area contributed by atoms with Crippen molar-refractivity contribution in [2.45, 2.75) is 38.4 Å². The van der Waals surface area contributed by atoms with E-state index in [1.807, 2.05) is 6.92 Å². The Morgan fingerprint density at radius 3 is 2.93 bits per heavy atom. The van der Waals surface area contributed by atoms with E-state index in [-0.39, 0.29) is 41.8 Å². The number of hydrogen-bond donors (Lipinski definition) is 2. The minimum atomic E-state index is -0.536. The summed E-state index contributed by atoms with van der Waals surface area (Å²) in [5, 5.41) is 9.97. The maximum atomic E-state index is 15.2. The molecule has 29 heavy (non-hydrogen) atoms. The molecule has 2 aromatic heterocycles. The van der Waals surface area contributed by atoms with Crippen LogP contribution in [-0.2, 0) is 18.4 Å². The Kier molecular flexibility index (Phi) is 4.81. The van der Waals surface area contributed by atoms with Gasteiger partial charge >= 0.3 is 0 Å². The second-order valence-electron chi connectivity index (χ2n) is 7.52. The molecule has 4 rings (SSSR count). The second kappa shape index (κ2) is 7.31. The van der Waals surface area contributed by atoms with E-state index in [0.29, 0.717) is 23.4 Å². The third-order valence-electron chi connectivity index (χ3n) is 5.55. The van der Waals surface area contributed by atoms with Crippen LogP contribution in [0.4, 0.5) is 10.2 Å². The highest BCUT2D eigenvalue weighted by molar-refractivity contribution is 6.04. The van der Waals surface area contributed by atoms with E-state index in [4.69, 9.17) is 0 Å². The van der Waals surface area contributed by atoms with Crippen LogP contribution in [0.15, 0.2) is 25.0 Å². The maximum absolute atomic E-state index is 15.2. The molecule has 1 saturated heterocycles. The maximum Gasteiger partial charge on any atom is 0.254 e. The molecule has 9 heteroatoms. The summed E-state index contributed by atoms with van der Waals surface area (Å²) in [6, 6.07) is -0.0499. The first-order valence-corrected chi connectivity index (χ1v) is 9.58. The average Bonchev–Trinajstić information content (AvgIpc) is 3.31. The number of fused-ring (bicyclic) bond motifs is 1. The topological polar surface area (TPSA) is 92.2 Å². The molecule has 2 aliphatic rings. The van der Waals surface area contributed by atoms with Gasteiger partial charge in [0, 0.05) is 49.5 Å². The van der Waals surface area contributed by atoms with Gasteiger partial charge in [-0.25, -0.2) is 9.37 Å². The molecule has 2 amide bonds. The number of halogens is 1. The van der Waals surface area contributed by atoms with E-state index in [1.54, 1.807) is 29.0 Å². The molecular formula is C20H23FN6O2. The van der Waals surface area contributed by atoms with Crippen molar-refractivity contribution in [3.05, 3.63) is 42.0 Å². The third-order valence-corrected chi connectivity index (χ3v) is 5.55. The molecule has 2 atom stereocenters. The molecular weight excluding hydrogens is 375 g/mol. The average molecular weight is 398 g/mol. The Morgan fingerprint density at radius 1 is 1.45 bits per heavy atom. The van der Waals surface area contributed by atoms with E-state index < -0.39 is 5.82 Å². The van der Waals surface area contributed by atoms with E-state index in [0.717, 1.165) is 12.8 Å². The monoisotopic (exact) mass is 398 g/mol. The van der Waals surface area contributed by atoms with Gasteiger partial charge in [-0.2, -0.15) is 5.10 Å². The van der Waals surface area contributed by atoms with Crippen molar-refractivity contribution in [1.29, 1.82) is 0 Å². The number of pyridine rings is 1. The van der Waals surface area contributed by atoms with Crippen LogP contribution in [0, 0.1) is 5.82 Å². The molecule has 2 N–H and O–H groups in total. The summed E-state index contributed by atoms with van der Waals surface area (Å²) in [4.78, 5) is 30.6. The van der Waals surface area contributed by atoms with Crippen molar-refractivity contribution in [3.63, 3.8) is 0 Å². The van der Waals surface area contributed by atoms with Crippen LogP contribution < -0.4 is 10.6 Å². The van der Waals surface area contributed by atoms with Gasteiger partial charge in [-0.1, -0.05) is 6.58 Å². The first kappa shape index (κ1) is 19.1. The van der Waals surface area contributed by atoms with Crippen LogP contribution >= 0.6 is 0 Å². The minimum absolute atomic E-state index is 0.0876. The summed E-state index contributed by atoms with van der Waals surface area (Å²) in [6.45, 7) is 6.10. The van der Waals surface area contributed by atoms with Crippen molar-refractivity contribution < 1.29 is 14.0 Å². The summed E-state index contributed by atoms with van der Waals surface area (Å²) in [5.74, 6) is -0.931. The van der Waals surface area contributed by atoms with Gasteiger partial charge in [-0.15, -0.1) is 0 Å². The number of hydrogen-bond acceptors (Lipinski definition) is 5. The molecule has 0 aromatic carbocycles. The number of piperidine rings is 1. The van der Waals surface area contributed by atoms with Crippen molar-refractivity contribution in [2.75, 3.05) is 11.9 Å². The number of nitrogens with one attached hydrogen (secondary N) is 2. The number of likely N-dealkylation sites (tertiary alicyclic amines) is 1. The predicted molar refractivity (Wildman–Crippen MR) is 106 cm³/mol. The van der Waals surface area contributed by atoms with Crippen LogP contribution in [0.1, 0.15) is 35.7 Å². The minimum Gasteiger partial charge on any atom is -0.363 e. The molecule has 0 unspecified atom stereocenters. The van der Waals surface area contributed by atoms with Crippen molar-refractivity contribution >= 4 is 17.6 Å². The summed E-state index contributed by atoms with van der Waals surface area (Å²) >= 11 is 0. The smallest absolute Gasteiger partial charge is 0.254 e. The fourth-order valence-corrected chi connectivity index (χ4v) is 3.97. The van der Waals surface area contributed by atoms with E-state index in [9.17, 15) is 9.59 Å². The molecule has 0 spiro atoms. The lowest BCUT2D eigenvalue weighted by Crippen LogP contribution is -2.49. The molecule has 152 valence electrons. The second-order valence-corrected chi connectivity index (χ2v) is 7.52. The fourth-order valence-electron chi connectivity index (χ4n) is 3.97. The summed E-state index contributed by atoms with van der Waals surface area (Å²) in [6.07, 6.45) is 6.20. The lowest BCUT2D eigenvalue weighted by atomic mass is 9.98. The highest BCUT2D eigenvalue weighted by Crippen LogP contribution is 2.33. The molecule has 0 bridgehead atoms. The lowest BCUT2D eigenvalue weighted by Gasteiger charge is -2.38. The highest BCUT2D eigenvalue weighted by Gasteiger charge is 2.33. The largest absolute Gasteiger partial charge is 0.363 e. The number of amides is 2. The van der Waals surface area contributed by atoms with Crippen molar-refractivity contribution in [3.8, 4) is 11.3 Å². The molecule has 0 saturated carbocycles. The normalized spacial score (nSPS) is 20.9. The quantitative estimate of drug-likeness (QED) is 0.767. The molecule has 4 heterocycles. The zero-order valence-corrected chi connectivity index (χ0v) is 16.4. The van der Waals surface area contributed by atoms with Gasteiger partial charge in [0.15, 0.2) is 11.6 Å². The van der Waals surface area contributed by atoms with Gasteiger partial charge in [-0.05, 0) is 25.8 Å². The van der Waals surface area contributed by atoms with Gasteiger partial charge in [0.05, 0.1) is 17.5 Å². The number of anilines is 1. The zero-order chi connectivity index (χ0) is 20.7. The van der Waals surface area contributed by atoms with Gasteiger partial charge < -0.3 is 15.5 Å². The molecule has 2 aromatic rings. The first-order valence-electron chi connectivity index (χ1n) is 9.58. The Morgan fingerprint density at radius 2 is 2.24 bits per heavy atom. The standard InChI is InChI=1S/C20H23FN6O2/c1-4-15(28)27-10-13(6-5-11(27)2)24-19-17(21)14-8-22-20(29)16(14)18(25-19)12-7-23-26(3)9-12/h4,7,9,11,13H,1,5-6,8,10H2,2-3H3,(H,22,29)(H,24,25)/t11-,13+/m0/s1. The van der Waals surface area contributed by atoms with E-state index in [2.05, 4.69) is 27.3 Å². The number of nitrogens with zero attached hydrogens (tertiary/aromatic N) is 4. The summed E-state index contributed by atoms with van der Waals surface area (Å²) < 4.78 is 16.8. The summed E-state index contributed by atoms with van der Waals surface area (Å²) in [7, 11) is 1.76. The number of rotatable bonds is 4. The van der Waals surface area contributed by atoms with E-state index >= 15 is 4.39 Å². The molecule has 0 aliphatic carbocycles. The number of aromatic nitrogens is 3. The summed E-state index contributed by atoms with van der Waals surface area (Å²) in [5.41, 5.74) is 1.59. The number of carbonyl (C=O) groups excluding carboxylic acids is 2. The Balaban J connectivity index is 1.69. The molecule has 0 radical (unpaired) electrons. The predicted octanol–water partition coefficient (Wildman–Crippen LogP) is 1.84. The third kappa shape index (κ3) is 3.37. The SMILES string of the molecule is C=CC(=O)N1C[C@H](Nc2nc(-c3cnn(C)c3)c3c(c2F)CNC3=O)CC[C@@H]1C. The van der Waals surface area contributed by atoms with Gasteiger partial charge in [0.2, 0.25) is 5.91 Å². The van der Waals surface area contributed by atoms with E-state index in [1.165, 1.54) is 6.08 Å². The highest BCUT2D eigenvalue weighted by atomic mass is 19.1. The molecule has 8 nitrogen and oxygen atoms in total.